The molecule has 3 unspecified atom stereocenters. The summed E-state index contributed by atoms with van der Waals surface area (Å²) < 4.78 is 24.6. The number of hydrogen-bond donors (Lipinski definition) is 1. The third-order valence-electron chi connectivity index (χ3n) is 11.4. The number of aliphatic hydroxyl groups excluding tert-OH is 1. The number of hydrogen-bond acceptors (Lipinski definition) is 8. The van der Waals surface area contributed by atoms with Crippen molar-refractivity contribution in [2.45, 2.75) is 108 Å². The molecule has 3 fully saturated rings. The molecule has 2 bridgehead atoms. The molecule has 12 heteroatoms. The molecule has 3 atom stereocenters. The summed E-state index contributed by atoms with van der Waals surface area (Å²) in [4.78, 5) is 29.5. The average Bonchev–Trinajstić information content (AvgIpc) is 3.76. The predicted octanol–water partition coefficient (Wildman–Crippen LogP) is 4.72. The molecule has 1 saturated carbocycles. The molecular weight excluding hydrogens is 759 g/mol. The first-order valence-corrected chi connectivity index (χ1v) is 18.4. The summed E-state index contributed by atoms with van der Waals surface area (Å²) in [6.07, 6.45) is 11.0. The van der Waals surface area contributed by atoms with Gasteiger partial charge in [0.2, 0.25) is 5.75 Å². The standard InChI is InChI=1S/C20H30NO3.C19H17Cl2NO4.BrH/c1-14(2)21(3)16-9-10-17(21)12-18(11-16)24-20(23)19(13-22)15-7-5-4-6-8-15;1-24-16-5-4-11(15(23)8-12-13(20)9-22-10-14(12)21)17-18(16)26-19(25-17)6-2-3-7-19;/h4-8,14,16-19,22H,9-13H2,1-3H3;4-5,9-10H,2-3,6-8H2,1H3;1H/q+1;;/p-1. The van der Waals surface area contributed by atoms with E-state index in [4.69, 9.17) is 42.1 Å². The number of nitrogens with zero attached hydrogens (tertiary/aromatic N) is 2. The van der Waals surface area contributed by atoms with Gasteiger partial charge in [0.15, 0.2) is 17.3 Å². The second-order valence-electron chi connectivity index (χ2n) is 14.4. The number of halogens is 3. The lowest BCUT2D eigenvalue weighted by Crippen LogP contribution is -3.00. The van der Waals surface area contributed by atoms with Crippen LogP contribution in [0.5, 0.6) is 17.2 Å². The first-order chi connectivity index (χ1) is 24.0. The molecule has 1 spiro atoms. The molecule has 3 aromatic rings. The summed E-state index contributed by atoms with van der Waals surface area (Å²) in [6, 6.07) is 14.6. The molecule has 0 radical (unpaired) electrons. The highest BCUT2D eigenvalue weighted by atomic mass is 79.9. The summed E-state index contributed by atoms with van der Waals surface area (Å²) >= 11 is 12.3. The lowest BCUT2D eigenvalue weighted by atomic mass is 9.94. The molecule has 4 heterocycles. The summed E-state index contributed by atoms with van der Waals surface area (Å²) in [6.45, 7) is 4.39. The molecule has 51 heavy (non-hydrogen) atoms. The number of carbonyl (C=O) groups is 2. The van der Waals surface area contributed by atoms with Crippen LogP contribution >= 0.6 is 23.2 Å². The Labute approximate surface area is 320 Å². The summed E-state index contributed by atoms with van der Waals surface area (Å²) in [5.41, 5.74) is 1.81. The first kappa shape index (κ1) is 39.3. The minimum atomic E-state index is -0.683. The fourth-order valence-electron chi connectivity index (χ4n) is 8.32. The Morgan fingerprint density at radius 1 is 0.980 bits per heavy atom. The van der Waals surface area contributed by atoms with Gasteiger partial charge in [0.1, 0.15) is 12.0 Å². The van der Waals surface area contributed by atoms with E-state index < -0.39 is 11.7 Å². The molecule has 4 aliphatic rings. The number of methoxy groups -OCH3 is 1. The van der Waals surface area contributed by atoms with Crippen LogP contribution < -0.4 is 31.2 Å². The van der Waals surface area contributed by atoms with E-state index in [1.54, 1.807) is 19.2 Å². The van der Waals surface area contributed by atoms with E-state index in [0.29, 0.717) is 56.5 Å². The second kappa shape index (κ2) is 16.4. The van der Waals surface area contributed by atoms with Crippen LogP contribution in [0.4, 0.5) is 0 Å². The van der Waals surface area contributed by atoms with Gasteiger partial charge in [0.05, 0.1) is 54.5 Å². The number of esters is 1. The van der Waals surface area contributed by atoms with Gasteiger partial charge in [-0.3, -0.25) is 14.6 Å². The summed E-state index contributed by atoms with van der Waals surface area (Å²) in [7, 11) is 3.93. The number of rotatable bonds is 9. The molecule has 2 saturated heterocycles. The SMILES string of the molecule is CC(C)[N+]1(C)C2CCC1CC(OC(=O)C(CO)c1ccccc1)C2.COc1ccc(C(=O)Cc2c(Cl)cncc2Cl)c2c1OC1(CCCC1)O2.[Br-]. The van der Waals surface area contributed by atoms with Crippen molar-refractivity contribution in [2.75, 3.05) is 20.8 Å². The Hall–Kier alpha value is -2.89. The smallest absolute Gasteiger partial charge is 0.316 e. The molecule has 0 amide bonds. The number of aromatic nitrogens is 1. The number of ether oxygens (including phenoxy) is 4. The number of aliphatic hydroxyl groups is 1. The number of carbonyl (C=O) groups excluding carboxylic acids is 2. The van der Waals surface area contributed by atoms with Crippen LogP contribution in [0.3, 0.4) is 0 Å². The van der Waals surface area contributed by atoms with Gasteiger partial charge in [-0.25, -0.2) is 0 Å². The van der Waals surface area contributed by atoms with Crippen molar-refractivity contribution in [3.63, 3.8) is 0 Å². The summed E-state index contributed by atoms with van der Waals surface area (Å²) in [5.74, 6) is -0.203. The lowest BCUT2D eigenvalue weighted by Gasteiger charge is -2.49. The highest BCUT2D eigenvalue weighted by Gasteiger charge is 2.54. The molecule has 1 aromatic heterocycles. The van der Waals surface area contributed by atoms with Crippen molar-refractivity contribution >= 4 is 35.0 Å². The Kier molecular flexibility index (Phi) is 12.7. The zero-order valence-corrected chi connectivity index (χ0v) is 32.7. The predicted molar refractivity (Wildman–Crippen MR) is 191 cm³/mol. The van der Waals surface area contributed by atoms with E-state index in [9.17, 15) is 14.7 Å². The van der Waals surface area contributed by atoms with Crippen molar-refractivity contribution in [2.24, 2.45) is 0 Å². The van der Waals surface area contributed by atoms with Gasteiger partial charge < -0.3 is 45.5 Å². The molecule has 3 aliphatic heterocycles. The van der Waals surface area contributed by atoms with Crippen LogP contribution in [0.1, 0.15) is 92.6 Å². The van der Waals surface area contributed by atoms with Crippen molar-refractivity contribution < 1.29 is 55.1 Å². The minimum absolute atomic E-state index is 0. The van der Waals surface area contributed by atoms with Gasteiger partial charge in [-0.1, -0.05) is 53.5 Å². The van der Waals surface area contributed by atoms with Gasteiger partial charge in [0, 0.05) is 62.9 Å². The highest BCUT2D eigenvalue weighted by Crippen LogP contribution is 2.53. The van der Waals surface area contributed by atoms with E-state index >= 15 is 0 Å². The molecule has 7 rings (SSSR count). The monoisotopic (exact) mass is 804 g/mol. The van der Waals surface area contributed by atoms with Gasteiger partial charge in [-0.2, -0.15) is 0 Å². The summed E-state index contributed by atoms with van der Waals surface area (Å²) in [5, 5.41) is 10.4. The Balaban J connectivity index is 0.000000195. The lowest BCUT2D eigenvalue weighted by molar-refractivity contribution is -0.968. The van der Waals surface area contributed by atoms with Crippen LogP contribution in [0.15, 0.2) is 54.9 Å². The number of pyridine rings is 1. The van der Waals surface area contributed by atoms with Crippen molar-refractivity contribution in [1.29, 1.82) is 0 Å². The average molecular weight is 807 g/mol. The third kappa shape index (κ3) is 7.91. The van der Waals surface area contributed by atoms with E-state index in [1.807, 2.05) is 30.3 Å². The molecular formula is C39H47BrCl2N2O7. The second-order valence-corrected chi connectivity index (χ2v) is 15.2. The highest BCUT2D eigenvalue weighted by molar-refractivity contribution is 6.36. The number of benzene rings is 2. The third-order valence-corrected chi connectivity index (χ3v) is 12.0. The Morgan fingerprint density at radius 3 is 2.16 bits per heavy atom. The normalized spacial score (nSPS) is 24.4. The number of Topliss-reactive ketones (excluding diaryl/α,β-unsaturated/α-hetero) is 1. The first-order valence-electron chi connectivity index (χ1n) is 17.6. The van der Waals surface area contributed by atoms with Gasteiger partial charge >= 0.3 is 5.97 Å². The minimum Gasteiger partial charge on any atom is -1.00 e. The largest absolute Gasteiger partial charge is 1.00 e. The van der Waals surface area contributed by atoms with Crippen LogP contribution in [-0.4, -0.2) is 77.1 Å². The molecule has 9 nitrogen and oxygen atoms in total. The zero-order chi connectivity index (χ0) is 35.6. The number of quaternary nitrogens is 1. The maximum atomic E-state index is 13.0. The molecule has 1 N–H and O–H groups in total. The van der Waals surface area contributed by atoms with Crippen LogP contribution in [-0.2, 0) is 16.0 Å². The van der Waals surface area contributed by atoms with Gasteiger partial charge in [-0.15, -0.1) is 0 Å². The fraction of sp³-hybridized carbons (Fsp3) is 0.513. The van der Waals surface area contributed by atoms with E-state index in [1.165, 1.54) is 25.2 Å². The fourth-order valence-corrected chi connectivity index (χ4v) is 8.81. The van der Waals surface area contributed by atoms with Crippen molar-refractivity contribution in [3.8, 4) is 17.2 Å². The maximum absolute atomic E-state index is 13.0. The van der Waals surface area contributed by atoms with E-state index in [2.05, 4.69) is 25.9 Å². The van der Waals surface area contributed by atoms with E-state index in [-0.39, 0.29) is 47.9 Å². The van der Waals surface area contributed by atoms with Crippen LogP contribution in [0.2, 0.25) is 10.0 Å². The molecule has 2 aromatic carbocycles. The van der Waals surface area contributed by atoms with Gasteiger partial charge in [-0.05, 0) is 44.4 Å². The van der Waals surface area contributed by atoms with Crippen molar-refractivity contribution in [3.05, 3.63) is 81.6 Å². The Bertz CT molecular complexity index is 1670. The quantitative estimate of drug-likeness (QED) is 0.189. The maximum Gasteiger partial charge on any atom is 0.316 e. The number of ketones is 1. The zero-order valence-electron chi connectivity index (χ0n) is 29.6. The molecule has 1 aliphatic carbocycles. The topological polar surface area (TPSA) is 104 Å². The number of piperidine rings is 1. The van der Waals surface area contributed by atoms with Crippen molar-refractivity contribution in [1.82, 2.24) is 4.98 Å². The van der Waals surface area contributed by atoms with E-state index in [0.717, 1.165) is 48.6 Å². The Morgan fingerprint density at radius 2 is 1.59 bits per heavy atom. The number of fused-ring (bicyclic) bond motifs is 3. The van der Waals surface area contributed by atoms with Gasteiger partial charge in [0.25, 0.3) is 5.79 Å². The molecule has 276 valence electrons. The van der Waals surface area contributed by atoms with Crippen LogP contribution in [0, 0.1) is 0 Å². The van der Waals surface area contributed by atoms with Crippen LogP contribution in [0.25, 0.3) is 0 Å².